The lowest BCUT2D eigenvalue weighted by Crippen LogP contribution is -2.08. The molecule has 4 aromatic carbocycles. The topological polar surface area (TPSA) is 185 Å². The van der Waals surface area contributed by atoms with E-state index in [0.29, 0.717) is 46.5 Å². The maximum Gasteiger partial charge on any atom is 0.328 e. The Bertz CT molecular complexity index is 1770. The Morgan fingerprint density at radius 2 is 0.911 bits per heavy atom. The number of aliphatic carboxylic acids is 2. The summed E-state index contributed by atoms with van der Waals surface area (Å²) in [5.74, 6) is -2.39. The molecule has 0 fully saturated rings. The van der Waals surface area contributed by atoms with Crippen LogP contribution in [0.2, 0.25) is 0 Å². The van der Waals surface area contributed by atoms with Crippen LogP contribution in [0.3, 0.4) is 0 Å². The highest BCUT2D eigenvalue weighted by Crippen LogP contribution is 2.30. The van der Waals surface area contributed by atoms with Crippen molar-refractivity contribution in [3.8, 4) is 23.0 Å². The molecule has 12 nitrogen and oxygen atoms in total. The van der Waals surface area contributed by atoms with Crippen LogP contribution in [0.5, 0.6) is 23.0 Å². The van der Waals surface area contributed by atoms with E-state index in [1.807, 2.05) is 0 Å². The zero-order valence-electron chi connectivity index (χ0n) is 23.1. The van der Waals surface area contributed by atoms with Crippen LogP contribution in [0.1, 0.15) is 0 Å². The van der Waals surface area contributed by atoms with Gasteiger partial charge in [-0.1, -0.05) is 12.1 Å². The van der Waals surface area contributed by atoms with E-state index in [4.69, 9.17) is 19.7 Å². The van der Waals surface area contributed by atoms with E-state index in [9.17, 15) is 27.6 Å². The minimum absolute atomic E-state index is 0.0233. The van der Waals surface area contributed by atoms with E-state index in [0.717, 1.165) is 12.2 Å². The fraction of sp³-hybridized carbons (Fsp3) is 0. The summed E-state index contributed by atoms with van der Waals surface area (Å²) in [6.45, 7) is 0. The van der Waals surface area contributed by atoms with Gasteiger partial charge >= 0.3 is 11.9 Å². The maximum absolute atomic E-state index is 13.2. The highest BCUT2D eigenvalue weighted by molar-refractivity contribution is 7.91. The Balaban J connectivity index is 1.39. The van der Waals surface area contributed by atoms with Gasteiger partial charge in [0, 0.05) is 47.8 Å². The Labute approximate surface area is 256 Å². The van der Waals surface area contributed by atoms with Crippen molar-refractivity contribution < 1.29 is 47.3 Å². The average Bonchev–Trinajstić information content (AvgIpc) is 3.00. The largest absolute Gasteiger partial charge is 0.478 e. The molecular weight excluding hydrogens is 604 g/mol. The fourth-order valence-electron chi connectivity index (χ4n) is 3.72. The number of hydrogen-bond acceptors (Lipinski definition) is 8. The third-order valence-corrected chi connectivity index (χ3v) is 7.48. The number of carboxylic acid groups (broad SMARTS) is 2. The minimum atomic E-state index is -3.88. The summed E-state index contributed by atoms with van der Waals surface area (Å²) < 4.78 is 38.0. The van der Waals surface area contributed by atoms with Crippen molar-refractivity contribution in [3.63, 3.8) is 0 Å². The minimum Gasteiger partial charge on any atom is -0.478 e. The monoisotopic (exact) mass is 628 g/mol. The number of amides is 2. The number of benzene rings is 4. The Morgan fingerprint density at radius 1 is 0.533 bits per heavy atom. The van der Waals surface area contributed by atoms with E-state index < -0.39 is 33.6 Å². The second-order valence-electron chi connectivity index (χ2n) is 9.03. The van der Waals surface area contributed by atoms with Crippen LogP contribution in [-0.2, 0) is 29.0 Å². The van der Waals surface area contributed by atoms with Crippen molar-refractivity contribution in [3.05, 3.63) is 121 Å². The van der Waals surface area contributed by atoms with Crippen molar-refractivity contribution in [2.45, 2.75) is 9.79 Å². The first-order valence-electron chi connectivity index (χ1n) is 12.9. The molecule has 228 valence electrons. The molecule has 0 aromatic heterocycles. The van der Waals surface area contributed by atoms with Crippen LogP contribution in [-0.4, -0.2) is 42.4 Å². The second kappa shape index (κ2) is 14.3. The van der Waals surface area contributed by atoms with Gasteiger partial charge < -0.3 is 30.3 Å². The van der Waals surface area contributed by atoms with Gasteiger partial charge in [-0.25, -0.2) is 18.0 Å². The number of ether oxygens (including phenoxy) is 2. The van der Waals surface area contributed by atoms with E-state index in [2.05, 4.69) is 10.6 Å². The molecule has 0 saturated carbocycles. The molecule has 4 N–H and O–H groups in total. The van der Waals surface area contributed by atoms with Crippen LogP contribution in [0.25, 0.3) is 0 Å². The third kappa shape index (κ3) is 9.39. The molecule has 0 aliphatic rings. The van der Waals surface area contributed by atoms with Crippen LogP contribution in [0.15, 0.2) is 131 Å². The molecule has 0 saturated heterocycles. The van der Waals surface area contributed by atoms with Crippen LogP contribution < -0.4 is 20.1 Å². The van der Waals surface area contributed by atoms with Crippen molar-refractivity contribution in [2.24, 2.45) is 0 Å². The molecule has 0 bridgehead atoms. The average molecular weight is 629 g/mol. The number of carbonyl (C=O) groups is 4. The quantitative estimate of drug-likeness (QED) is 0.151. The lowest BCUT2D eigenvalue weighted by Gasteiger charge is -2.10. The van der Waals surface area contributed by atoms with Gasteiger partial charge in [-0.3, -0.25) is 9.59 Å². The first kappa shape index (κ1) is 31.7. The molecular formula is C32H24N2O10S. The van der Waals surface area contributed by atoms with Gasteiger partial charge in [-0.15, -0.1) is 0 Å². The Hall–Kier alpha value is -6.21. The summed E-state index contributed by atoms with van der Waals surface area (Å²) in [7, 11) is -3.88. The summed E-state index contributed by atoms with van der Waals surface area (Å²) in [5.41, 5.74) is 0.730. The van der Waals surface area contributed by atoms with Crippen molar-refractivity contribution in [2.75, 3.05) is 10.6 Å². The van der Waals surface area contributed by atoms with E-state index in [-0.39, 0.29) is 9.79 Å². The second-order valence-corrected chi connectivity index (χ2v) is 11.0. The van der Waals surface area contributed by atoms with Gasteiger partial charge in [0.1, 0.15) is 23.0 Å². The molecule has 0 aliphatic heterocycles. The predicted octanol–water partition coefficient (Wildman–Crippen LogP) is 5.26. The molecule has 45 heavy (non-hydrogen) atoms. The molecule has 4 rings (SSSR count). The number of carboxylic acids is 2. The van der Waals surface area contributed by atoms with Gasteiger partial charge in [0.2, 0.25) is 21.7 Å². The molecule has 4 aromatic rings. The third-order valence-electron chi connectivity index (χ3n) is 5.70. The molecule has 0 radical (unpaired) electrons. The molecule has 0 unspecified atom stereocenters. The zero-order valence-corrected chi connectivity index (χ0v) is 23.9. The normalized spacial score (nSPS) is 11.2. The smallest absolute Gasteiger partial charge is 0.328 e. The SMILES string of the molecule is O=C(O)C=CC(=O)Nc1cccc(Oc2ccc(S(=O)(=O)c3ccc(Oc4cccc(NC(=O)C=CC(=O)O)c4)cc3)cc2)c1. The maximum atomic E-state index is 13.2. The van der Waals surface area contributed by atoms with E-state index >= 15 is 0 Å². The van der Waals surface area contributed by atoms with Gasteiger partial charge in [0.15, 0.2) is 0 Å². The number of anilines is 2. The van der Waals surface area contributed by atoms with Gasteiger partial charge in [0.25, 0.3) is 0 Å². The van der Waals surface area contributed by atoms with E-state index in [1.54, 1.807) is 36.4 Å². The molecule has 0 spiro atoms. The molecule has 13 heteroatoms. The zero-order chi connectivity index (χ0) is 32.4. The standard InChI is InChI=1S/C32H24N2O10S/c35-29(15-17-31(37)38)33-21-3-1-5-25(19-21)43-23-7-11-27(12-8-23)45(41,42)28-13-9-24(10-14-28)44-26-6-2-4-22(20-26)34-30(36)16-18-32(39)40/h1-20H,(H,33,35)(H,34,36)(H,37,38)(H,39,40). The molecule has 0 heterocycles. The summed E-state index contributed by atoms with van der Waals surface area (Å²) in [4.78, 5) is 44.8. The summed E-state index contributed by atoms with van der Waals surface area (Å²) in [6.07, 6.45) is 3.19. The lowest BCUT2D eigenvalue weighted by atomic mass is 10.3. The summed E-state index contributed by atoms with van der Waals surface area (Å²) in [5, 5.41) is 22.3. The van der Waals surface area contributed by atoms with Gasteiger partial charge in [-0.2, -0.15) is 0 Å². The Morgan fingerprint density at radius 3 is 1.27 bits per heavy atom. The van der Waals surface area contributed by atoms with Crippen molar-refractivity contribution in [1.82, 2.24) is 0 Å². The molecule has 2 amide bonds. The summed E-state index contributed by atoms with van der Waals surface area (Å²) in [6, 6.07) is 24.2. The molecule has 0 atom stereocenters. The molecule has 0 aliphatic carbocycles. The number of sulfone groups is 1. The number of nitrogens with one attached hydrogen (secondary N) is 2. The highest BCUT2D eigenvalue weighted by Gasteiger charge is 2.18. The van der Waals surface area contributed by atoms with Crippen molar-refractivity contribution in [1.29, 1.82) is 0 Å². The first-order valence-corrected chi connectivity index (χ1v) is 14.4. The van der Waals surface area contributed by atoms with Crippen LogP contribution in [0, 0.1) is 0 Å². The number of carbonyl (C=O) groups excluding carboxylic acids is 2. The predicted molar refractivity (Wildman–Crippen MR) is 162 cm³/mol. The van der Waals surface area contributed by atoms with Crippen LogP contribution >= 0.6 is 0 Å². The lowest BCUT2D eigenvalue weighted by molar-refractivity contribution is -0.132. The summed E-state index contributed by atoms with van der Waals surface area (Å²) >= 11 is 0. The Kier molecular flexibility index (Phi) is 10.1. The van der Waals surface area contributed by atoms with Crippen molar-refractivity contribution >= 4 is 45.0 Å². The fourth-order valence-corrected chi connectivity index (χ4v) is 4.98. The highest BCUT2D eigenvalue weighted by atomic mass is 32.2. The number of rotatable bonds is 12. The van der Waals surface area contributed by atoms with Crippen LogP contribution in [0.4, 0.5) is 11.4 Å². The van der Waals surface area contributed by atoms with E-state index in [1.165, 1.54) is 60.7 Å². The number of hydrogen-bond donors (Lipinski definition) is 4. The first-order chi connectivity index (χ1) is 21.5. The van der Waals surface area contributed by atoms with Gasteiger partial charge in [-0.05, 0) is 72.8 Å². The van der Waals surface area contributed by atoms with Gasteiger partial charge in [0.05, 0.1) is 9.79 Å².